The van der Waals surface area contributed by atoms with Gasteiger partial charge < -0.3 is 10.5 Å². The monoisotopic (exact) mass is 259 g/mol. The molecule has 0 aliphatic heterocycles. The molecule has 0 aliphatic carbocycles. The van der Waals surface area contributed by atoms with E-state index in [-0.39, 0.29) is 11.9 Å². The zero-order chi connectivity index (χ0) is 13.7. The molecular formula is C16H18FNO. The highest BCUT2D eigenvalue weighted by Crippen LogP contribution is 2.20. The maximum absolute atomic E-state index is 12.9. The van der Waals surface area contributed by atoms with E-state index < -0.39 is 0 Å². The Labute approximate surface area is 113 Å². The third-order valence-corrected chi connectivity index (χ3v) is 2.96. The van der Waals surface area contributed by atoms with Gasteiger partial charge in [0.2, 0.25) is 0 Å². The molecule has 0 amide bonds. The fraction of sp³-hybridized carbons (Fsp3) is 0.250. The van der Waals surface area contributed by atoms with Gasteiger partial charge in [0.25, 0.3) is 0 Å². The van der Waals surface area contributed by atoms with Crippen LogP contribution < -0.4 is 10.5 Å². The molecule has 3 heteroatoms. The lowest BCUT2D eigenvalue weighted by molar-refractivity contribution is 0.340. The predicted molar refractivity (Wildman–Crippen MR) is 74.6 cm³/mol. The summed E-state index contributed by atoms with van der Waals surface area (Å²) in [6.07, 6.45) is 0.701. The molecule has 0 spiro atoms. The smallest absolute Gasteiger partial charge is 0.123 e. The van der Waals surface area contributed by atoms with Crippen LogP contribution in [0.1, 0.15) is 24.1 Å². The quantitative estimate of drug-likeness (QED) is 0.892. The molecule has 0 fully saturated rings. The first-order valence-electron chi connectivity index (χ1n) is 6.42. The Hall–Kier alpha value is -1.87. The Bertz CT molecular complexity index is 525. The molecule has 0 aliphatic rings. The number of rotatable bonds is 5. The van der Waals surface area contributed by atoms with Crippen molar-refractivity contribution in [2.45, 2.75) is 19.4 Å². The fourth-order valence-corrected chi connectivity index (χ4v) is 2.01. The minimum atomic E-state index is -0.241. The highest BCUT2D eigenvalue weighted by molar-refractivity contribution is 5.30. The minimum absolute atomic E-state index is 0.141. The Morgan fingerprint density at radius 2 is 1.89 bits per heavy atom. The second-order valence-corrected chi connectivity index (χ2v) is 4.44. The third kappa shape index (κ3) is 3.80. The maximum Gasteiger partial charge on any atom is 0.123 e. The molecule has 0 heterocycles. The van der Waals surface area contributed by atoms with Crippen LogP contribution in [0.25, 0.3) is 0 Å². The molecular weight excluding hydrogens is 241 g/mol. The van der Waals surface area contributed by atoms with E-state index in [0.29, 0.717) is 13.0 Å². The van der Waals surface area contributed by atoms with Crippen LogP contribution in [-0.4, -0.2) is 6.61 Å². The van der Waals surface area contributed by atoms with Crippen LogP contribution in [0, 0.1) is 5.82 Å². The topological polar surface area (TPSA) is 35.2 Å². The SMILES string of the molecule is CCOc1cccc(CC(N)c2ccc(F)cc2)c1. The van der Waals surface area contributed by atoms with Gasteiger partial charge in [0.15, 0.2) is 0 Å². The minimum Gasteiger partial charge on any atom is -0.494 e. The van der Waals surface area contributed by atoms with E-state index in [9.17, 15) is 4.39 Å². The van der Waals surface area contributed by atoms with Gasteiger partial charge in [-0.1, -0.05) is 24.3 Å². The van der Waals surface area contributed by atoms with Crippen LogP contribution >= 0.6 is 0 Å². The summed E-state index contributed by atoms with van der Waals surface area (Å²) in [4.78, 5) is 0. The lowest BCUT2D eigenvalue weighted by Gasteiger charge is -2.13. The molecule has 2 N–H and O–H groups in total. The second-order valence-electron chi connectivity index (χ2n) is 4.44. The number of hydrogen-bond acceptors (Lipinski definition) is 2. The van der Waals surface area contributed by atoms with Crippen LogP contribution in [0.15, 0.2) is 48.5 Å². The average molecular weight is 259 g/mol. The first-order valence-corrected chi connectivity index (χ1v) is 6.42. The molecule has 100 valence electrons. The van der Waals surface area contributed by atoms with Crippen molar-refractivity contribution in [1.29, 1.82) is 0 Å². The maximum atomic E-state index is 12.9. The van der Waals surface area contributed by atoms with Crippen molar-refractivity contribution >= 4 is 0 Å². The van der Waals surface area contributed by atoms with Crippen molar-refractivity contribution in [2.75, 3.05) is 6.61 Å². The summed E-state index contributed by atoms with van der Waals surface area (Å²) >= 11 is 0. The number of halogens is 1. The molecule has 19 heavy (non-hydrogen) atoms. The lowest BCUT2D eigenvalue weighted by Crippen LogP contribution is -2.13. The van der Waals surface area contributed by atoms with Crippen molar-refractivity contribution in [3.05, 3.63) is 65.5 Å². The van der Waals surface area contributed by atoms with E-state index in [2.05, 4.69) is 0 Å². The zero-order valence-electron chi connectivity index (χ0n) is 11.0. The molecule has 0 aromatic heterocycles. The average Bonchev–Trinajstić information content (AvgIpc) is 2.40. The van der Waals surface area contributed by atoms with Gasteiger partial charge in [-0.15, -0.1) is 0 Å². The summed E-state index contributed by atoms with van der Waals surface area (Å²) in [5.41, 5.74) is 8.19. The number of nitrogens with two attached hydrogens (primary N) is 1. The molecule has 0 bridgehead atoms. The number of ether oxygens (including phenoxy) is 1. The Morgan fingerprint density at radius 3 is 2.58 bits per heavy atom. The van der Waals surface area contributed by atoms with Crippen LogP contribution in [0.2, 0.25) is 0 Å². The number of benzene rings is 2. The van der Waals surface area contributed by atoms with E-state index in [1.54, 1.807) is 12.1 Å². The molecule has 2 rings (SSSR count). The highest BCUT2D eigenvalue weighted by atomic mass is 19.1. The normalized spacial score (nSPS) is 12.2. The Kier molecular flexibility index (Phi) is 4.53. The lowest BCUT2D eigenvalue weighted by atomic mass is 9.99. The summed E-state index contributed by atoms with van der Waals surface area (Å²) in [7, 11) is 0. The standard InChI is InChI=1S/C16H18FNO/c1-2-19-15-5-3-4-12(10-15)11-16(18)13-6-8-14(17)9-7-13/h3-10,16H,2,11,18H2,1H3. The van der Waals surface area contributed by atoms with Gasteiger partial charge in [0.05, 0.1) is 6.61 Å². The molecule has 2 aromatic carbocycles. The van der Waals surface area contributed by atoms with Crippen LogP contribution in [0.4, 0.5) is 4.39 Å². The third-order valence-electron chi connectivity index (χ3n) is 2.96. The van der Waals surface area contributed by atoms with E-state index in [1.165, 1.54) is 12.1 Å². The first kappa shape index (κ1) is 13.6. The summed E-state index contributed by atoms with van der Waals surface area (Å²) in [6, 6.07) is 14.1. The van der Waals surface area contributed by atoms with Crippen molar-refractivity contribution in [2.24, 2.45) is 5.73 Å². The number of hydrogen-bond donors (Lipinski definition) is 1. The van der Waals surface area contributed by atoms with Gasteiger partial charge in [-0.2, -0.15) is 0 Å². The van der Waals surface area contributed by atoms with Crippen LogP contribution in [0.3, 0.4) is 0 Å². The van der Waals surface area contributed by atoms with E-state index in [4.69, 9.17) is 10.5 Å². The van der Waals surface area contributed by atoms with E-state index in [0.717, 1.165) is 16.9 Å². The first-order chi connectivity index (χ1) is 9.19. The van der Waals surface area contributed by atoms with Crippen LogP contribution in [0.5, 0.6) is 5.75 Å². The van der Waals surface area contributed by atoms with Crippen molar-refractivity contribution in [1.82, 2.24) is 0 Å². The van der Waals surface area contributed by atoms with E-state index >= 15 is 0 Å². The highest BCUT2D eigenvalue weighted by Gasteiger charge is 2.08. The van der Waals surface area contributed by atoms with Crippen molar-refractivity contribution in [3.63, 3.8) is 0 Å². The summed E-state index contributed by atoms with van der Waals surface area (Å²) in [6.45, 7) is 2.60. The van der Waals surface area contributed by atoms with Gasteiger partial charge in [-0.05, 0) is 48.7 Å². The van der Waals surface area contributed by atoms with Gasteiger partial charge in [0.1, 0.15) is 11.6 Å². The molecule has 2 nitrogen and oxygen atoms in total. The largest absolute Gasteiger partial charge is 0.494 e. The predicted octanol–water partition coefficient (Wildman–Crippen LogP) is 3.47. The Morgan fingerprint density at radius 1 is 1.16 bits per heavy atom. The summed E-state index contributed by atoms with van der Waals surface area (Å²) < 4.78 is 18.3. The molecule has 1 atom stereocenters. The van der Waals surface area contributed by atoms with Gasteiger partial charge in [-0.3, -0.25) is 0 Å². The van der Waals surface area contributed by atoms with Crippen LogP contribution in [-0.2, 0) is 6.42 Å². The molecule has 0 radical (unpaired) electrons. The van der Waals surface area contributed by atoms with Crippen molar-refractivity contribution < 1.29 is 9.13 Å². The molecule has 2 aromatic rings. The van der Waals surface area contributed by atoms with Gasteiger partial charge >= 0.3 is 0 Å². The van der Waals surface area contributed by atoms with Crippen molar-refractivity contribution in [3.8, 4) is 5.75 Å². The fourth-order valence-electron chi connectivity index (χ4n) is 2.01. The molecule has 0 saturated heterocycles. The van der Waals surface area contributed by atoms with Gasteiger partial charge in [0, 0.05) is 6.04 Å². The second kappa shape index (κ2) is 6.34. The summed E-state index contributed by atoms with van der Waals surface area (Å²) in [5, 5.41) is 0. The van der Waals surface area contributed by atoms with Gasteiger partial charge in [-0.25, -0.2) is 4.39 Å². The van der Waals surface area contributed by atoms with E-state index in [1.807, 2.05) is 31.2 Å². The Balaban J connectivity index is 2.07. The summed E-state index contributed by atoms with van der Waals surface area (Å²) in [5.74, 6) is 0.612. The zero-order valence-corrected chi connectivity index (χ0v) is 11.0. The molecule has 0 saturated carbocycles. The molecule has 1 unspecified atom stereocenters.